The highest BCUT2D eigenvalue weighted by Gasteiger charge is 2.25. The van der Waals surface area contributed by atoms with Crippen LogP contribution in [0.5, 0.6) is 0 Å². The third-order valence-corrected chi connectivity index (χ3v) is 6.36. The van der Waals surface area contributed by atoms with Gasteiger partial charge in [-0.05, 0) is 37.5 Å². The first-order valence-corrected chi connectivity index (χ1v) is 12.3. The SMILES string of the molecule is CCc1nc2nc(C(c3ccccc3)c3ccccc3)n(CC)c2cc1C(=O)Nc1ncn(CC)n1. The minimum atomic E-state index is -0.275. The van der Waals surface area contributed by atoms with Gasteiger partial charge in [0.05, 0.1) is 22.7 Å². The number of fused-ring (bicyclic) bond motifs is 1. The van der Waals surface area contributed by atoms with E-state index in [9.17, 15) is 4.79 Å². The van der Waals surface area contributed by atoms with Crippen molar-refractivity contribution < 1.29 is 4.79 Å². The lowest BCUT2D eigenvalue weighted by molar-refractivity contribution is 0.102. The molecule has 1 N–H and O–H groups in total. The monoisotopic (exact) mass is 479 g/mol. The van der Waals surface area contributed by atoms with Crippen molar-refractivity contribution in [3.8, 4) is 0 Å². The molecule has 0 aliphatic rings. The van der Waals surface area contributed by atoms with Crippen LogP contribution >= 0.6 is 0 Å². The molecule has 182 valence electrons. The zero-order chi connectivity index (χ0) is 25.1. The Morgan fingerprint density at radius 2 is 1.58 bits per heavy atom. The molecule has 0 radical (unpaired) electrons. The Balaban J connectivity index is 1.63. The minimum Gasteiger partial charge on any atom is -0.326 e. The fourth-order valence-corrected chi connectivity index (χ4v) is 4.58. The molecule has 0 bridgehead atoms. The van der Waals surface area contributed by atoms with Crippen LogP contribution in [0.1, 0.15) is 59.7 Å². The molecule has 36 heavy (non-hydrogen) atoms. The van der Waals surface area contributed by atoms with E-state index in [2.05, 4.69) is 51.2 Å². The molecular weight excluding hydrogens is 450 g/mol. The van der Waals surface area contributed by atoms with Gasteiger partial charge in [-0.3, -0.25) is 14.8 Å². The molecular formula is C28H29N7O. The fourth-order valence-electron chi connectivity index (χ4n) is 4.58. The van der Waals surface area contributed by atoms with Crippen LogP contribution in [0.25, 0.3) is 11.2 Å². The van der Waals surface area contributed by atoms with Crippen molar-refractivity contribution in [3.05, 3.63) is 101 Å². The number of hydrogen-bond donors (Lipinski definition) is 1. The molecule has 0 fully saturated rings. The lowest BCUT2D eigenvalue weighted by Gasteiger charge is -2.19. The van der Waals surface area contributed by atoms with Gasteiger partial charge in [0.15, 0.2) is 5.65 Å². The summed E-state index contributed by atoms with van der Waals surface area (Å²) in [5.41, 5.74) is 4.98. The fraction of sp³-hybridized carbons (Fsp3) is 0.250. The highest BCUT2D eigenvalue weighted by molar-refractivity contribution is 6.05. The topological polar surface area (TPSA) is 90.5 Å². The number of amides is 1. The second-order valence-electron chi connectivity index (χ2n) is 8.53. The number of aromatic nitrogens is 6. The number of rotatable bonds is 8. The number of anilines is 1. The lowest BCUT2D eigenvalue weighted by atomic mass is 9.90. The number of hydrogen-bond acceptors (Lipinski definition) is 5. The van der Waals surface area contributed by atoms with Gasteiger partial charge < -0.3 is 4.57 Å². The maximum absolute atomic E-state index is 13.2. The molecule has 0 saturated heterocycles. The number of pyridine rings is 1. The van der Waals surface area contributed by atoms with Crippen molar-refractivity contribution in [1.82, 2.24) is 29.3 Å². The average molecular weight is 480 g/mol. The molecule has 5 aromatic rings. The first kappa shape index (κ1) is 23.4. The van der Waals surface area contributed by atoms with Crippen LogP contribution < -0.4 is 5.32 Å². The van der Waals surface area contributed by atoms with Crippen LogP contribution in [0.4, 0.5) is 5.95 Å². The van der Waals surface area contributed by atoms with Gasteiger partial charge >= 0.3 is 0 Å². The van der Waals surface area contributed by atoms with Gasteiger partial charge in [-0.2, -0.15) is 0 Å². The minimum absolute atomic E-state index is 0.0638. The van der Waals surface area contributed by atoms with Gasteiger partial charge in [0, 0.05) is 13.1 Å². The molecule has 8 nitrogen and oxygen atoms in total. The molecule has 0 aliphatic carbocycles. The molecule has 1 amide bonds. The lowest BCUT2D eigenvalue weighted by Crippen LogP contribution is -2.17. The summed E-state index contributed by atoms with van der Waals surface area (Å²) in [7, 11) is 0. The van der Waals surface area contributed by atoms with E-state index < -0.39 is 0 Å². The van der Waals surface area contributed by atoms with Gasteiger partial charge in [-0.15, -0.1) is 5.10 Å². The van der Waals surface area contributed by atoms with E-state index >= 15 is 0 Å². The van der Waals surface area contributed by atoms with Gasteiger partial charge in [0.2, 0.25) is 5.95 Å². The van der Waals surface area contributed by atoms with Gasteiger partial charge in [0.1, 0.15) is 12.2 Å². The zero-order valence-electron chi connectivity index (χ0n) is 20.7. The van der Waals surface area contributed by atoms with Crippen LogP contribution in [0.2, 0.25) is 0 Å². The van der Waals surface area contributed by atoms with Crippen molar-refractivity contribution in [1.29, 1.82) is 0 Å². The highest BCUT2D eigenvalue weighted by Crippen LogP contribution is 2.33. The van der Waals surface area contributed by atoms with Crippen molar-refractivity contribution in [2.24, 2.45) is 0 Å². The number of carbonyl (C=O) groups is 1. The van der Waals surface area contributed by atoms with Crippen LogP contribution in [0.3, 0.4) is 0 Å². The van der Waals surface area contributed by atoms with E-state index in [4.69, 9.17) is 9.97 Å². The smallest absolute Gasteiger partial charge is 0.259 e. The number of nitrogens with one attached hydrogen (secondary N) is 1. The number of imidazole rings is 1. The summed E-state index contributed by atoms with van der Waals surface area (Å²) in [6.07, 6.45) is 2.20. The Morgan fingerprint density at radius 3 is 2.14 bits per heavy atom. The summed E-state index contributed by atoms with van der Waals surface area (Å²) >= 11 is 0. The third kappa shape index (κ3) is 4.37. The van der Waals surface area contributed by atoms with Gasteiger partial charge in [-0.1, -0.05) is 67.6 Å². The van der Waals surface area contributed by atoms with Crippen molar-refractivity contribution in [3.63, 3.8) is 0 Å². The maximum Gasteiger partial charge on any atom is 0.259 e. The number of benzene rings is 2. The van der Waals surface area contributed by atoms with E-state index in [0.717, 1.165) is 22.5 Å². The van der Waals surface area contributed by atoms with E-state index in [1.807, 2.05) is 56.3 Å². The summed E-state index contributed by atoms with van der Waals surface area (Å²) in [4.78, 5) is 27.3. The maximum atomic E-state index is 13.2. The van der Waals surface area contributed by atoms with Gasteiger partial charge in [-0.25, -0.2) is 15.0 Å². The third-order valence-electron chi connectivity index (χ3n) is 6.36. The zero-order valence-corrected chi connectivity index (χ0v) is 20.7. The Bertz CT molecular complexity index is 1450. The average Bonchev–Trinajstić information content (AvgIpc) is 3.52. The van der Waals surface area contributed by atoms with Crippen molar-refractivity contribution >= 4 is 23.0 Å². The Hall–Kier alpha value is -4.33. The van der Waals surface area contributed by atoms with Crippen LogP contribution in [-0.2, 0) is 19.5 Å². The van der Waals surface area contributed by atoms with E-state index in [0.29, 0.717) is 36.4 Å². The Labute approximate surface area is 210 Å². The quantitative estimate of drug-likeness (QED) is 0.336. The largest absolute Gasteiger partial charge is 0.326 e. The second-order valence-corrected chi connectivity index (χ2v) is 8.53. The Morgan fingerprint density at radius 1 is 0.917 bits per heavy atom. The highest BCUT2D eigenvalue weighted by atomic mass is 16.1. The van der Waals surface area contributed by atoms with Crippen LogP contribution in [-0.4, -0.2) is 35.2 Å². The van der Waals surface area contributed by atoms with Crippen molar-refractivity contribution in [2.45, 2.75) is 46.2 Å². The standard InChI is InChI=1S/C28H29N7O/c1-4-22-21(27(36)32-28-29-18-34(5-2)33-28)17-23-25(30-22)31-26(35(23)6-3)24(19-13-9-7-10-14-19)20-15-11-8-12-16-20/h7-18,24H,4-6H2,1-3H3,(H,32,33,36). The molecule has 0 atom stereocenters. The molecule has 0 saturated carbocycles. The second kappa shape index (κ2) is 10.1. The normalized spacial score (nSPS) is 11.3. The predicted octanol–water partition coefficient (Wildman–Crippen LogP) is 5.06. The number of aryl methyl sites for hydroxylation is 3. The molecule has 2 aromatic carbocycles. The molecule has 3 heterocycles. The molecule has 5 rings (SSSR count). The van der Waals surface area contributed by atoms with E-state index in [1.54, 1.807) is 11.0 Å². The summed E-state index contributed by atoms with van der Waals surface area (Å²) in [6.45, 7) is 7.42. The van der Waals surface area contributed by atoms with E-state index in [-0.39, 0.29) is 17.8 Å². The number of carbonyl (C=O) groups excluding carboxylic acids is 1. The summed E-state index contributed by atoms with van der Waals surface area (Å²) in [6, 6.07) is 22.7. The predicted molar refractivity (Wildman–Crippen MR) is 140 cm³/mol. The summed E-state index contributed by atoms with van der Waals surface area (Å²) in [5.74, 6) is 0.844. The number of nitrogens with zero attached hydrogens (tertiary/aromatic N) is 6. The van der Waals surface area contributed by atoms with Crippen LogP contribution in [0, 0.1) is 0 Å². The summed E-state index contributed by atoms with van der Waals surface area (Å²) in [5, 5.41) is 7.10. The molecule has 3 aromatic heterocycles. The Kier molecular flexibility index (Phi) is 6.58. The molecule has 0 aliphatic heterocycles. The van der Waals surface area contributed by atoms with Gasteiger partial charge in [0.25, 0.3) is 5.91 Å². The van der Waals surface area contributed by atoms with Crippen LogP contribution in [0.15, 0.2) is 73.1 Å². The van der Waals surface area contributed by atoms with Crippen molar-refractivity contribution in [2.75, 3.05) is 5.32 Å². The first-order valence-electron chi connectivity index (χ1n) is 12.3. The summed E-state index contributed by atoms with van der Waals surface area (Å²) < 4.78 is 3.83. The van der Waals surface area contributed by atoms with E-state index in [1.165, 1.54) is 0 Å². The first-order chi connectivity index (χ1) is 17.6. The molecule has 0 unspecified atom stereocenters. The molecule has 8 heteroatoms. The molecule has 0 spiro atoms.